The minimum absolute atomic E-state index is 0.175. The van der Waals surface area contributed by atoms with Crippen molar-refractivity contribution in [2.24, 2.45) is 5.73 Å². The number of anilines is 2. The van der Waals surface area contributed by atoms with Crippen molar-refractivity contribution in [2.45, 2.75) is 25.5 Å². The number of rotatable bonds is 4. The molecule has 5 nitrogen and oxygen atoms in total. The Labute approximate surface area is 120 Å². The second-order valence-corrected chi connectivity index (χ2v) is 5.77. The van der Waals surface area contributed by atoms with E-state index in [-0.39, 0.29) is 12.0 Å². The van der Waals surface area contributed by atoms with E-state index in [0.717, 1.165) is 28.0 Å². The summed E-state index contributed by atoms with van der Waals surface area (Å²) < 4.78 is 0.895. The summed E-state index contributed by atoms with van der Waals surface area (Å²) in [6, 6.07) is 3.20. The number of aliphatic hydroxyl groups is 1. The van der Waals surface area contributed by atoms with Gasteiger partial charge in [0, 0.05) is 29.3 Å². The zero-order chi connectivity index (χ0) is 14.2. The smallest absolute Gasteiger partial charge is 0.245 e. The second kappa shape index (κ2) is 5.48. The van der Waals surface area contributed by atoms with Gasteiger partial charge in [0.05, 0.1) is 11.8 Å². The van der Waals surface area contributed by atoms with Crippen molar-refractivity contribution in [3.63, 3.8) is 0 Å². The van der Waals surface area contributed by atoms with Gasteiger partial charge in [-0.3, -0.25) is 4.79 Å². The summed E-state index contributed by atoms with van der Waals surface area (Å²) >= 11 is 3.51. The van der Waals surface area contributed by atoms with E-state index in [1.807, 2.05) is 24.1 Å². The molecule has 2 atom stereocenters. The van der Waals surface area contributed by atoms with Crippen LogP contribution < -0.4 is 16.0 Å². The Morgan fingerprint density at radius 1 is 1.58 bits per heavy atom. The SMILES string of the molecule is CC(O)CCN(C)c1cc2c(cc1Br)C(N)C(=O)N2. The van der Waals surface area contributed by atoms with E-state index in [9.17, 15) is 9.90 Å². The Balaban J connectivity index is 2.24. The molecule has 1 aromatic carbocycles. The molecule has 19 heavy (non-hydrogen) atoms. The molecule has 104 valence electrons. The number of amides is 1. The minimum Gasteiger partial charge on any atom is -0.393 e. The fraction of sp³-hybridized carbons (Fsp3) is 0.462. The lowest BCUT2D eigenvalue weighted by Gasteiger charge is -2.22. The summed E-state index contributed by atoms with van der Waals surface area (Å²) in [6.45, 7) is 2.50. The van der Waals surface area contributed by atoms with Crippen LogP contribution in [0, 0.1) is 0 Å². The van der Waals surface area contributed by atoms with Crippen LogP contribution in [-0.2, 0) is 4.79 Å². The first-order valence-electron chi connectivity index (χ1n) is 6.19. The molecule has 1 heterocycles. The van der Waals surface area contributed by atoms with Crippen molar-refractivity contribution in [1.82, 2.24) is 0 Å². The average Bonchev–Trinajstić information content (AvgIpc) is 2.61. The predicted octanol–water partition coefficient (Wildman–Crippen LogP) is 1.61. The van der Waals surface area contributed by atoms with Crippen LogP contribution in [0.25, 0.3) is 0 Å². The molecule has 0 saturated heterocycles. The number of hydrogen-bond acceptors (Lipinski definition) is 4. The highest BCUT2D eigenvalue weighted by Crippen LogP contribution is 2.37. The van der Waals surface area contributed by atoms with E-state index >= 15 is 0 Å². The number of benzene rings is 1. The number of nitrogens with two attached hydrogens (primary N) is 1. The maximum absolute atomic E-state index is 11.5. The Kier molecular flexibility index (Phi) is 4.13. The van der Waals surface area contributed by atoms with Crippen LogP contribution in [0.2, 0.25) is 0 Å². The zero-order valence-corrected chi connectivity index (χ0v) is 12.6. The Bertz CT molecular complexity index is 505. The molecule has 1 amide bonds. The number of fused-ring (bicyclic) bond motifs is 1. The first-order valence-corrected chi connectivity index (χ1v) is 6.98. The van der Waals surface area contributed by atoms with Gasteiger partial charge in [0.1, 0.15) is 6.04 Å². The standard InChI is InChI=1S/C13H18BrN3O2/c1-7(18)3-4-17(2)11-6-10-8(5-9(11)14)12(15)13(19)16-10/h5-7,12,18H,3-4,15H2,1-2H3,(H,16,19). The van der Waals surface area contributed by atoms with Crippen LogP contribution in [0.1, 0.15) is 24.9 Å². The average molecular weight is 328 g/mol. The summed E-state index contributed by atoms with van der Waals surface area (Å²) in [5, 5.41) is 12.1. The summed E-state index contributed by atoms with van der Waals surface area (Å²) in [6.07, 6.45) is 0.357. The van der Waals surface area contributed by atoms with Crippen LogP contribution in [0.3, 0.4) is 0 Å². The van der Waals surface area contributed by atoms with Gasteiger partial charge in [-0.1, -0.05) is 0 Å². The fourth-order valence-electron chi connectivity index (χ4n) is 2.09. The molecular formula is C13H18BrN3O2. The largest absolute Gasteiger partial charge is 0.393 e. The summed E-state index contributed by atoms with van der Waals surface area (Å²) in [5.41, 5.74) is 8.34. The van der Waals surface area contributed by atoms with Crippen LogP contribution in [-0.4, -0.2) is 30.7 Å². The molecule has 0 spiro atoms. The van der Waals surface area contributed by atoms with Crippen molar-refractivity contribution < 1.29 is 9.90 Å². The van der Waals surface area contributed by atoms with Crippen molar-refractivity contribution in [3.05, 3.63) is 22.2 Å². The maximum atomic E-state index is 11.5. The first kappa shape index (κ1) is 14.3. The quantitative estimate of drug-likeness (QED) is 0.785. The third kappa shape index (κ3) is 2.91. The van der Waals surface area contributed by atoms with Gasteiger partial charge in [-0.2, -0.15) is 0 Å². The lowest BCUT2D eigenvalue weighted by atomic mass is 10.1. The molecule has 6 heteroatoms. The van der Waals surface area contributed by atoms with Gasteiger partial charge in [0.2, 0.25) is 5.91 Å². The number of halogens is 1. The van der Waals surface area contributed by atoms with Gasteiger partial charge in [-0.15, -0.1) is 0 Å². The number of carbonyl (C=O) groups excluding carboxylic acids is 1. The number of hydrogen-bond donors (Lipinski definition) is 3. The third-order valence-corrected chi connectivity index (χ3v) is 3.92. The highest BCUT2D eigenvalue weighted by atomic mass is 79.9. The van der Waals surface area contributed by atoms with Crippen molar-refractivity contribution in [3.8, 4) is 0 Å². The molecular weight excluding hydrogens is 310 g/mol. The normalized spacial score (nSPS) is 19.0. The van der Waals surface area contributed by atoms with E-state index in [1.165, 1.54) is 0 Å². The van der Waals surface area contributed by atoms with E-state index in [4.69, 9.17) is 5.73 Å². The van der Waals surface area contributed by atoms with Gasteiger partial charge in [-0.05, 0) is 41.4 Å². The molecule has 2 unspecified atom stereocenters. The summed E-state index contributed by atoms with van der Waals surface area (Å²) in [7, 11) is 1.95. The maximum Gasteiger partial charge on any atom is 0.245 e. The Morgan fingerprint density at radius 3 is 2.89 bits per heavy atom. The summed E-state index contributed by atoms with van der Waals surface area (Å²) in [4.78, 5) is 13.6. The summed E-state index contributed by atoms with van der Waals surface area (Å²) in [5.74, 6) is -0.175. The molecule has 0 aromatic heterocycles. The van der Waals surface area contributed by atoms with E-state index in [1.54, 1.807) is 6.92 Å². The zero-order valence-electron chi connectivity index (χ0n) is 11.0. The lowest BCUT2D eigenvalue weighted by molar-refractivity contribution is -0.116. The lowest BCUT2D eigenvalue weighted by Crippen LogP contribution is -2.22. The molecule has 1 aliphatic heterocycles. The predicted molar refractivity (Wildman–Crippen MR) is 79.3 cm³/mol. The van der Waals surface area contributed by atoms with E-state index < -0.39 is 6.04 Å². The number of carbonyl (C=O) groups is 1. The van der Waals surface area contributed by atoms with Gasteiger partial charge >= 0.3 is 0 Å². The minimum atomic E-state index is -0.594. The van der Waals surface area contributed by atoms with Crippen LogP contribution >= 0.6 is 15.9 Å². The highest BCUT2D eigenvalue weighted by Gasteiger charge is 2.28. The highest BCUT2D eigenvalue weighted by molar-refractivity contribution is 9.10. The van der Waals surface area contributed by atoms with E-state index in [0.29, 0.717) is 6.42 Å². The molecule has 0 radical (unpaired) electrons. The number of aliphatic hydroxyl groups excluding tert-OH is 1. The van der Waals surface area contributed by atoms with Crippen LogP contribution in [0.5, 0.6) is 0 Å². The van der Waals surface area contributed by atoms with Crippen molar-refractivity contribution >= 4 is 33.2 Å². The number of nitrogens with zero attached hydrogens (tertiary/aromatic N) is 1. The monoisotopic (exact) mass is 327 g/mol. The first-order chi connectivity index (χ1) is 8.90. The Hall–Kier alpha value is -1.11. The molecule has 0 saturated carbocycles. The molecule has 0 bridgehead atoms. The molecule has 1 aromatic rings. The molecule has 1 aliphatic rings. The molecule has 0 fully saturated rings. The van der Waals surface area contributed by atoms with Gasteiger partial charge in [-0.25, -0.2) is 0 Å². The van der Waals surface area contributed by atoms with Crippen molar-refractivity contribution in [2.75, 3.05) is 23.8 Å². The van der Waals surface area contributed by atoms with Gasteiger partial charge in [0.15, 0.2) is 0 Å². The fourth-order valence-corrected chi connectivity index (χ4v) is 2.75. The van der Waals surface area contributed by atoms with Crippen LogP contribution in [0.15, 0.2) is 16.6 Å². The Morgan fingerprint density at radius 2 is 2.26 bits per heavy atom. The van der Waals surface area contributed by atoms with Crippen molar-refractivity contribution in [1.29, 1.82) is 0 Å². The molecule has 2 rings (SSSR count). The molecule has 0 aliphatic carbocycles. The van der Waals surface area contributed by atoms with Gasteiger partial charge < -0.3 is 21.1 Å². The molecule has 4 N–H and O–H groups in total. The third-order valence-electron chi connectivity index (χ3n) is 3.29. The van der Waals surface area contributed by atoms with Crippen LogP contribution in [0.4, 0.5) is 11.4 Å². The topological polar surface area (TPSA) is 78.6 Å². The van der Waals surface area contributed by atoms with Gasteiger partial charge in [0.25, 0.3) is 0 Å². The van der Waals surface area contributed by atoms with E-state index in [2.05, 4.69) is 21.2 Å². The second-order valence-electron chi connectivity index (χ2n) is 4.92. The number of nitrogens with one attached hydrogen (secondary N) is 1.